The van der Waals surface area contributed by atoms with Crippen molar-refractivity contribution in [1.82, 2.24) is 4.90 Å². The number of hydrogen-bond acceptors (Lipinski definition) is 3. The normalized spacial score (nSPS) is 23.7. The summed E-state index contributed by atoms with van der Waals surface area (Å²) < 4.78 is 13.0. The predicted molar refractivity (Wildman–Crippen MR) is 85.4 cm³/mol. The second kappa shape index (κ2) is 6.40. The van der Waals surface area contributed by atoms with Gasteiger partial charge in [0.25, 0.3) is 0 Å². The van der Waals surface area contributed by atoms with Crippen LogP contribution in [0.4, 0.5) is 4.39 Å². The van der Waals surface area contributed by atoms with Crippen molar-refractivity contribution >= 4 is 11.7 Å². The number of benzene rings is 1. The van der Waals surface area contributed by atoms with E-state index in [0.29, 0.717) is 18.7 Å². The number of carbonyl (C=O) groups excluding carboxylic acids is 2. The van der Waals surface area contributed by atoms with E-state index in [2.05, 4.69) is 0 Å². The molecule has 0 aromatic heterocycles. The number of piperidine rings is 1. The molecule has 1 aromatic rings. The summed E-state index contributed by atoms with van der Waals surface area (Å²) in [5.41, 5.74) is 6.04. The molecule has 1 atom stereocenters. The molecule has 2 N–H and O–H groups in total. The van der Waals surface area contributed by atoms with Gasteiger partial charge in [0, 0.05) is 24.6 Å². The molecule has 5 heteroatoms. The van der Waals surface area contributed by atoms with Crippen molar-refractivity contribution in [2.24, 2.45) is 11.7 Å². The Labute approximate surface area is 135 Å². The Hall–Kier alpha value is -1.75. The van der Waals surface area contributed by atoms with E-state index in [4.69, 9.17) is 5.73 Å². The zero-order valence-electron chi connectivity index (χ0n) is 13.3. The molecule has 0 spiro atoms. The monoisotopic (exact) mass is 318 g/mol. The van der Waals surface area contributed by atoms with Crippen LogP contribution in [0.25, 0.3) is 0 Å². The largest absolute Gasteiger partial charge is 0.340 e. The first kappa shape index (κ1) is 16.1. The number of Topliss-reactive ketones (excluding diaryl/α,β-unsaturated/α-hetero) is 1. The molecule has 0 bridgehead atoms. The first-order valence-corrected chi connectivity index (χ1v) is 8.38. The van der Waals surface area contributed by atoms with E-state index >= 15 is 0 Å². The van der Waals surface area contributed by atoms with Crippen molar-refractivity contribution < 1.29 is 14.0 Å². The van der Waals surface area contributed by atoms with E-state index < -0.39 is 5.54 Å². The van der Waals surface area contributed by atoms with Crippen LogP contribution in [0.5, 0.6) is 0 Å². The van der Waals surface area contributed by atoms with Gasteiger partial charge in [-0.2, -0.15) is 0 Å². The Balaban J connectivity index is 1.69. The van der Waals surface area contributed by atoms with E-state index in [9.17, 15) is 14.0 Å². The highest BCUT2D eigenvalue weighted by Gasteiger charge is 2.41. The maximum absolute atomic E-state index is 13.0. The zero-order valence-corrected chi connectivity index (χ0v) is 13.3. The summed E-state index contributed by atoms with van der Waals surface area (Å²) >= 11 is 0. The summed E-state index contributed by atoms with van der Waals surface area (Å²) in [6.45, 7) is 1.10. The Morgan fingerprint density at radius 2 is 1.78 bits per heavy atom. The minimum Gasteiger partial charge on any atom is -0.340 e. The predicted octanol–water partition coefficient (Wildman–Crippen LogP) is 2.52. The van der Waals surface area contributed by atoms with Crippen molar-refractivity contribution in [1.29, 1.82) is 0 Å². The van der Waals surface area contributed by atoms with Crippen LogP contribution < -0.4 is 5.73 Å². The average Bonchev–Trinajstić information content (AvgIpc) is 3.02. The van der Waals surface area contributed by atoms with Crippen LogP contribution in [0.2, 0.25) is 0 Å². The van der Waals surface area contributed by atoms with Crippen LogP contribution in [0.3, 0.4) is 0 Å². The van der Waals surface area contributed by atoms with Gasteiger partial charge in [0.2, 0.25) is 5.91 Å². The minimum atomic E-state index is -0.735. The standard InChI is InChI=1S/C18H23FN2O2/c19-15-7-5-13(6-8-15)16(22)14-4-3-11-21(12-14)17(23)18(20)9-1-2-10-18/h5-8,14H,1-4,9-12,20H2. The second-order valence-electron chi connectivity index (χ2n) is 6.82. The first-order valence-electron chi connectivity index (χ1n) is 8.38. The van der Waals surface area contributed by atoms with Crippen molar-refractivity contribution in [3.05, 3.63) is 35.6 Å². The molecule has 1 aromatic carbocycles. The van der Waals surface area contributed by atoms with E-state index in [1.54, 1.807) is 4.90 Å². The Kier molecular flexibility index (Phi) is 4.48. The number of amides is 1. The third-order valence-electron chi connectivity index (χ3n) is 5.13. The summed E-state index contributed by atoms with van der Waals surface area (Å²) in [7, 11) is 0. The Morgan fingerprint density at radius 3 is 2.43 bits per heavy atom. The third-order valence-corrected chi connectivity index (χ3v) is 5.13. The van der Waals surface area contributed by atoms with Crippen molar-refractivity contribution in [3.8, 4) is 0 Å². The lowest BCUT2D eigenvalue weighted by Crippen LogP contribution is -2.56. The summed E-state index contributed by atoms with van der Waals surface area (Å²) in [6, 6.07) is 5.62. The van der Waals surface area contributed by atoms with Gasteiger partial charge in [0.05, 0.1) is 5.54 Å². The second-order valence-corrected chi connectivity index (χ2v) is 6.82. The maximum atomic E-state index is 13.0. The molecule has 1 aliphatic heterocycles. The number of ketones is 1. The van der Waals surface area contributed by atoms with Gasteiger partial charge in [0.1, 0.15) is 5.82 Å². The molecular formula is C18H23FN2O2. The molecule has 1 heterocycles. The molecule has 1 aliphatic carbocycles. The molecular weight excluding hydrogens is 295 g/mol. The van der Waals surface area contributed by atoms with Crippen molar-refractivity contribution in [2.75, 3.05) is 13.1 Å². The van der Waals surface area contributed by atoms with Gasteiger partial charge in [0.15, 0.2) is 5.78 Å². The summed E-state index contributed by atoms with van der Waals surface area (Å²) in [5.74, 6) is -0.594. The molecule has 0 radical (unpaired) electrons. The Morgan fingerprint density at radius 1 is 1.13 bits per heavy atom. The summed E-state index contributed by atoms with van der Waals surface area (Å²) in [6.07, 6.45) is 5.02. The fraction of sp³-hybridized carbons (Fsp3) is 0.556. The lowest BCUT2D eigenvalue weighted by atomic mass is 9.88. The first-order chi connectivity index (χ1) is 11.0. The number of rotatable bonds is 3. The van der Waals surface area contributed by atoms with Gasteiger partial charge >= 0.3 is 0 Å². The van der Waals surface area contributed by atoms with Crippen LogP contribution in [0, 0.1) is 11.7 Å². The molecule has 2 fully saturated rings. The van der Waals surface area contributed by atoms with Crippen molar-refractivity contribution in [3.63, 3.8) is 0 Å². The number of halogens is 1. The highest BCUT2D eigenvalue weighted by molar-refractivity contribution is 5.98. The highest BCUT2D eigenvalue weighted by Crippen LogP contribution is 2.31. The molecule has 1 saturated heterocycles. The number of hydrogen-bond donors (Lipinski definition) is 1. The molecule has 124 valence electrons. The fourth-order valence-electron chi connectivity index (χ4n) is 3.76. The molecule has 2 aliphatic rings. The molecule has 23 heavy (non-hydrogen) atoms. The number of nitrogens with zero attached hydrogens (tertiary/aromatic N) is 1. The van der Waals surface area contributed by atoms with E-state index in [1.807, 2.05) is 0 Å². The SMILES string of the molecule is NC1(C(=O)N2CCCC(C(=O)c3ccc(F)cc3)C2)CCCC1. The lowest BCUT2D eigenvalue weighted by Gasteiger charge is -2.37. The van der Waals surface area contributed by atoms with E-state index in [1.165, 1.54) is 24.3 Å². The van der Waals surface area contributed by atoms with Crippen LogP contribution in [0.15, 0.2) is 24.3 Å². The smallest absolute Gasteiger partial charge is 0.242 e. The molecule has 4 nitrogen and oxygen atoms in total. The van der Waals surface area contributed by atoms with E-state index in [-0.39, 0.29) is 23.4 Å². The van der Waals surface area contributed by atoms with Gasteiger partial charge in [-0.3, -0.25) is 9.59 Å². The van der Waals surface area contributed by atoms with Gasteiger partial charge in [-0.1, -0.05) is 12.8 Å². The molecule has 1 unspecified atom stereocenters. The highest BCUT2D eigenvalue weighted by atomic mass is 19.1. The van der Waals surface area contributed by atoms with Crippen LogP contribution in [-0.2, 0) is 4.79 Å². The van der Waals surface area contributed by atoms with Crippen molar-refractivity contribution in [2.45, 2.75) is 44.1 Å². The quantitative estimate of drug-likeness (QED) is 0.871. The summed E-state index contributed by atoms with van der Waals surface area (Å²) in [4.78, 5) is 27.1. The molecule has 1 saturated carbocycles. The maximum Gasteiger partial charge on any atom is 0.242 e. The average molecular weight is 318 g/mol. The van der Waals surface area contributed by atoms with Crippen LogP contribution in [-0.4, -0.2) is 35.2 Å². The van der Waals surface area contributed by atoms with Gasteiger partial charge in [-0.15, -0.1) is 0 Å². The topological polar surface area (TPSA) is 63.4 Å². The zero-order chi connectivity index (χ0) is 16.4. The number of carbonyl (C=O) groups is 2. The fourth-order valence-corrected chi connectivity index (χ4v) is 3.76. The van der Waals surface area contributed by atoms with Crippen LogP contribution in [0.1, 0.15) is 48.9 Å². The van der Waals surface area contributed by atoms with E-state index in [0.717, 1.165) is 38.5 Å². The minimum absolute atomic E-state index is 0.00777. The Bertz CT molecular complexity index is 594. The van der Waals surface area contributed by atoms with Gasteiger partial charge in [-0.25, -0.2) is 4.39 Å². The van der Waals surface area contributed by atoms with Crippen LogP contribution >= 0.6 is 0 Å². The number of nitrogens with two attached hydrogens (primary N) is 1. The van der Waals surface area contributed by atoms with Gasteiger partial charge < -0.3 is 10.6 Å². The van der Waals surface area contributed by atoms with Gasteiger partial charge in [-0.05, 0) is 49.9 Å². The molecule has 3 rings (SSSR count). The third kappa shape index (κ3) is 3.29. The molecule has 1 amide bonds. The summed E-state index contributed by atoms with van der Waals surface area (Å²) in [5, 5.41) is 0. The number of likely N-dealkylation sites (tertiary alicyclic amines) is 1. The lowest BCUT2D eigenvalue weighted by molar-refractivity contribution is -0.138.